The van der Waals surface area contributed by atoms with Crippen molar-refractivity contribution in [3.63, 3.8) is 0 Å². The molecule has 1 aromatic rings. The molecule has 18 heavy (non-hydrogen) atoms. The SMILES string of the molecule is CC(Cn1cncc1C1(C)CCNCC1)N(C)C. The minimum absolute atomic E-state index is 0.285. The molecule has 0 radical (unpaired) electrons. The van der Waals surface area contributed by atoms with Gasteiger partial charge in [0.1, 0.15) is 0 Å². The first-order valence-electron chi connectivity index (χ1n) is 6.91. The van der Waals surface area contributed by atoms with Gasteiger partial charge < -0.3 is 14.8 Å². The third kappa shape index (κ3) is 2.75. The summed E-state index contributed by atoms with van der Waals surface area (Å²) in [5.74, 6) is 0. The van der Waals surface area contributed by atoms with Crippen LogP contribution < -0.4 is 5.32 Å². The molecular formula is C14H26N4. The number of aromatic nitrogens is 2. The predicted molar refractivity (Wildman–Crippen MR) is 74.8 cm³/mol. The molecule has 0 aromatic carbocycles. The van der Waals surface area contributed by atoms with Crippen molar-refractivity contribution in [1.29, 1.82) is 0 Å². The number of nitrogens with zero attached hydrogens (tertiary/aromatic N) is 3. The van der Waals surface area contributed by atoms with E-state index in [-0.39, 0.29) is 5.41 Å². The first kappa shape index (κ1) is 13.6. The van der Waals surface area contributed by atoms with E-state index < -0.39 is 0 Å². The van der Waals surface area contributed by atoms with Crippen LogP contribution in [-0.2, 0) is 12.0 Å². The van der Waals surface area contributed by atoms with Crippen molar-refractivity contribution in [2.75, 3.05) is 27.2 Å². The maximum absolute atomic E-state index is 4.38. The molecule has 1 saturated heterocycles. The topological polar surface area (TPSA) is 33.1 Å². The Labute approximate surface area is 110 Å². The second-order valence-electron chi connectivity index (χ2n) is 6.05. The average Bonchev–Trinajstić information content (AvgIpc) is 2.78. The molecule has 0 bridgehead atoms. The fourth-order valence-corrected chi connectivity index (χ4v) is 2.65. The van der Waals surface area contributed by atoms with Crippen molar-refractivity contribution in [3.05, 3.63) is 18.2 Å². The predicted octanol–water partition coefficient (Wildman–Crippen LogP) is 1.47. The standard InChI is InChI=1S/C14H26N4/c1-12(17(3)4)10-18-11-16-9-13(18)14(2)5-7-15-8-6-14/h9,11-12,15H,5-8,10H2,1-4H3. The third-order valence-corrected chi connectivity index (χ3v) is 4.38. The highest BCUT2D eigenvalue weighted by Crippen LogP contribution is 2.32. The molecule has 0 spiro atoms. The van der Waals surface area contributed by atoms with Crippen LogP contribution in [0.15, 0.2) is 12.5 Å². The summed E-state index contributed by atoms with van der Waals surface area (Å²) in [5.41, 5.74) is 1.69. The van der Waals surface area contributed by atoms with Crippen LogP contribution in [0.3, 0.4) is 0 Å². The van der Waals surface area contributed by atoms with Crippen LogP contribution in [0.4, 0.5) is 0 Å². The largest absolute Gasteiger partial charge is 0.333 e. The van der Waals surface area contributed by atoms with Crippen molar-refractivity contribution in [3.8, 4) is 0 Å². The molecule has 2 heterocycles. The van der Waals surface area contributed by atoms with Gasteiger partial charge >= 0.3 is 0 Å². The summed E-state index contributed by atoms with van der Waals surface area (Å²) in [6.45, 7) is 7.89. The molecule has 0 aliphatic carbocycles. The van der Waals surface area contributed by atoms with Gasteiger partial charge in [0.05, 0.1) is 6.33 Å². The van der Waals surface area contributed by atoms with Crippen LogP contribution in [0.5, 0.6) is 0 Å². The highest BCUT2D eigenvalue weighted by Gasteiger charge is 2.31. The van der Waals surface area contributed by atoms with E-state index in [1.807, 2.05) is 6.33 Å². The molecule has 2 rings (SSSR count). The fraction of sp³-hybridized carbons (Fsp3) is 0.786. The Hall–Kier alpha value is -0.870. The summed E-state index contributed by atoms with van der Waals surface area (Å²) >= 11 is 0. The van der Waals surface area contributed by atoms with Gasteiger partial charge in [0.2, 0.25) is 0 Å². The highest BCUT2D eigenvalue weighted by molar-refractivity contribution is 5.15. The summed E-state index contributed by atoms with van der Waals surface area (Å²) in [6.07, 6.45) is 6.46. The zero-order valence-corrected chi connectivity index (χ0v) is 12.1. The van der Waals surface area contributed by atoms with E-state index in [4.69, 9.17) is 0 Å². The Balaban J connectivity index is 2.16. The smallest absolute Gasteiger partial charge is 0.0948 e. The Bertz CT molecular complexity index is 377. The molecule has 4 nitrogen and oxygen atoms in total. The second-order valence-corrected chi connectivity index (χ2v) is 6.05. The molecule has 1 aromatic heterocycles. The molecule has 4 heteroatoms. The molecule has 1 aliphatic heterocycles. The van der Waals surface area contributed by atoms with Gasteiger partial charge in [-0.3, -0.25) is 0 Å². The first-order valence-corrected chi connectivity index (χ1v) is 6.91. The molecule has 0 saturated carbocycles. The lowest BCUT2D eigenvalue weighted by molar-refractivity contribution is 0.266. The molecule has 0 amide bonds. The van der Waals surface area contributed by atoms with Crippen LogP contribution in [0, 0.1) is 0 Å². The Morgan fingerprint density at radius 1 is 1.44 bits per heavy atom. The van der Waals surface area contributed by atoms with Crippen molar-refractivity contribution in [2.24, 2.45) is 0 Å². The lowest BCUT2D eigenvalue weighted by Crippen LogP contribution is -2.40. The van der Waals surface area contributed by atoms with Crippen molar-refractivity contribution in [1.82, 2.24) is 19.8 Å². The zero-order chi connectivity index (χ0) is 13.2. The van der Waals surface area contributed by atoms with Crippen LogP contribution in [0.2, 0.25) is 0 Å². The van der Waals surface area contributed by atoms with E-state index in [1.54, 1.807) is 0 Å². The zero-order valence-electron chi connectivity index (χ0n) is 12.1. The monoisotopic (exact) mass is 250 g/mol. The van der Waals surface area contributed by atoms with Crippen molar-refractivity contribution in [2.45, 2.75) is 44.7 Å². The minimum atomic E-state index is 0.285. The minimum Gasteiger partial charge on any atom is -0.333 e. The van der Waals surface area contributed by atoms with Gasteiger partial charge in [-0.2, -0.15) is 0 Å². The van der Waals surface area contributed by atoms with Crippen LogP contribution in [-0.4, -0.2) is 47.7 Å². The van der Waals surface area contributed by atoms with Crippen LogP contribution in [0.1, 0.15) is 32.4 Å². The molecular weight excluding hydrogens is 224 g/mol. The maximum Gasteiger partial charge on any atom is 0.0948 e. The number of hydrogen-bond acceptors (Lipinski definition) is 3. The van der Waals surface area contributed by atoms with Crippen LogP contribution >= 0.6 is 0 Å². The Morgan fingerprint density at radius 3 is 2.72 bits per heavy atom. The van der Waals surface area contributed by atoms with Gasteiger partial charge in [0.15, 0.2) is 0 Å². The van der Waals surface area contributed by atoms with Crippen molar-refractivity contribution >= 4 is 0 Å². The summed E-state index contributed by atoms with van der Waals surface area (Å²) in [5, 5.41) is 3.44. The van der Waals surface area contributed by atoms with E-state index in [9.17, 15) is 0 Å². The molecule has 1 N–H and O–H groups in total. The van der Waals surface area contributed by atoms with E-state index >= 15 is 0 Å². The fourth-order valence-electron chi connectivity index (χ4n) is 2.65. The van der Waals surface area contributed by atoms with E-state index in [0.717, 1.165) is 19.6 Å². The van der Waals surface area contributed by atoms with Gasteiger partial charge in [-0.05, 0) is 47.0 Å². The summed E-state index contributed by atoms with van der Waals surface area (Å²) in [7, 11) is 4.26. The van der Waals surface area contributed by atoms with Crippen LogP contribution in [0.25, 0.3) is 0 Å². The normalized spacial score (nSPS) is 21.2. The number of imidazole rings is 1. The van der Waals surface area contributed by atoms with Gasteiger partial charge in [0, 0.05) is 29.9 Å². The number of nitrogens with one attached hydrogen (secondary N) is 1. The number of piperidine rings is 1. The summed E-state index contributed by atoms with van der Waals surface area (Å²) in [6, 6.07) is 0.531. The molecule has 1 fully saturated rings. The Kier molecular flexibility index (Phi) is 4.07. The van der Waals surface area contributed by atoms with Gasteiger partial charge in [-0.25, -0.2) is 4.98 Å². The lowest BCUT2D eigenvalue weighted by Gasteiger charge is -2.35. The maximum atomic E-state index is 4.38. The second kappa shape index (κ2) is 5.41. The molecule has 102 valence electrons. The quantitative estimate of drug-likeness (QED) is 0.878. The third-order valence-electron chi connectivity index (χ3n) is 4.38. The van der Waals surface area contributed by atoms with E-state index in [2.05, 4.69) is 53.9 Å². The summed E-state index contributed by atoms with van der Waals surface area (Å²) < 4.78 is 2.34. The van der Waals surface area contributed by atoms with E-state index in [0.29, 0.717) is 6.04 Å². The average molecular weight is 250 g/mol. The molecule has 1 atom stereocenters. The first-order chi connectivity index (χ1) is 8.53. The Morgan fingerprint density at radius 2 is 2.11 bits per heavy atom. The number of hydrogen-bond donors (Lipinski definition) is 1. The number of rotatable bonds is 4. The van der Waals surface area contributed by atoms with Gasteiger partial charge in [-0.1, -0.05) is 6.92 Å². The highest BCUT2D eigenvalue weighted by atomic mass is 15.2. The van der Waals surface area contributed by atoms with Gasteiger partial charge in [0.25, 0.3) is 0 Å². The number of likely N-dealkylation sites (N-methyl/N-ethyl adjacent to an activating group) is 1. The lowest BCUT2D eigenvalue weighted by atomic mass is 9.78. The van der Waals surface area contributed by atoms with Gasteiger partial charge in [-0.15, -0.1) is 0 Å². The molecule has 1 unspecified atom stereocenters. The summed E-state index contributed by atoms with van der Waals surface area (Å²) in [4.78, 5) is 6.64. The van der Waals surface area contributed by atoms with Crippen molar-refractivity contribution < 1.29 is 0 Å². The molecule has 1 aliphatic rings. The van der Waals surface area contributed by atoms with E-state index in [1.165, 1.54) is 18.5 Å².